The van der Waals surface area contributed by atoms with E-state index in [0.717, 1.165) is 5.56 Å². The predicted molar refractivity (Wildman–Crippen MR) is 60.3 cm³/mol. The average molecular weight is 228 g/mol. The van der Waals surface area contributed by atoms with Gasteiger partial charge in [0, 0.05) is 12.1 Å². The number of nitrogens with one attached hydrogen (secondary N) is 1. The highest BCUT2D eigenvalue weighted by Crippen LogP contribution is 2.21. The first-order valence-electron chi connectivity index (χ1n) is 4.55. The van der Waals surface area contributed by atoms with Gasteiger partial charge in [0.2, 0.25) is 0 Å². The van der Waals surface area contributed by atoms with E-state index in [1.54, 1.807) is 13.1 Å². The van der Waals surface area contributed by atoms with Crippen LogP contribution in [0.1, 0.15) is 18.5 Å². The third-order valence-electron chi connectivity index (χ3n) is 2.36. The van der Waals surface area contributed by atoms with Gasteiger partial charge in [0.15, 0.2) is 0 Å². The Morgan fingerprint density at radius 3 is 2.80 bits per heavy atom. The first-order valence-corrected chi connectivity index (χ1v) is 4.93. The number of halogens is 1. The minimum Gasteiger partial charge on any atom is -0.320 e. The summed E-state index contributed by atoms with van der Waals surface area (Å²) in [6.07, 6.45) is 0. The molecule has 82 valence electrons. The maximum atomic E-state index is 11.3. The lowest BCUT2D eigenvalue weighted by atomic mass is 10.1. The minimum absolute atomic E-state index is 0.0766. The summed E-state index contributed by atoms with van der Waals surface area (Å²) in [4.78, 5) is 12.8. The van der Waals surface area contributed by atoms with Crippen molar-refractivity contribution < 1.29 is 4.79 Å². The van der Waals surface area contributed by atoms with Crippen LogP contribution in [0.2, 0.25) is 5.02 Å². The quantitative estimate of drug-likeness (QED) is 0.461. The molecule has 5 heteroatoms. The first-order chi connectivity index (χ1) is 7.06. The monoisotopic (exact) mass is 227 g/mol. The van der Waals surface area contributed by atoms with Crippen molar-refractivity contribution in [2.75, 3.05) is 7.05 Å². The molecule has 0 spiro atoms. The van der Waals surface area contributed by atoms with E-state index in [0.29, 0.717) is 5.02 Å². The fraction of sp³-hybridized carbons (Fsp3) is 0.300. The highest BCUT2D eigenvalue weighted by atomic mass is 35.5. The molecule has 1 aromatic rings. The van der Waals surface area contributed by atoms with Crippen LogP contribution >= 0.6 is 11.6 Å². The number of nitrogens with two attached hydrogens (primary N) is 1. The van der Waals surface area contributed by atoms with Crippen LogP contribution in [-0.4, -0.2) is 18.0 Å². The molecular weight excluding hydrogens is 214 g/mol. The highest BCUT2D eigenvalue weighted by Gasteiger charge is 2.16. The summed E-state index contributed by atoms with van der Waals surface area (Å²) >= 11 is 5.86. The number of nitrogens with zero attached hydrogens (tertiary/aromatic N) is 1. The largest absolute Gasteiger partial charge is 0.331 e. The number of benzene rings is 1. The smallest absolute Gasteiger partial charge is 0.320 e. The molecule has 1 aromatic carbocycles. The van der Waals surface area contributed by atoms with Crippen LogP contribution in [0.15, 0.2) is 24.3 Å². The number of urea groups is 1. The van der Waals surface area contributed by atoms with E-state index < -0.39 is 0 Å². The number of rotatable bonds is 2. The molecule has 4 nitrogen and oxygen atoms in total. The van der Waals surface area contributed by atoms with Gasteiger partial charge in [-0.25, -0.2) is 10.6 Å². The molecule has 0 saturated carbocycles. The fourth-order valence-corrected chi connectivity index (χ4v) is 1.47. The molecular formula is C10H14ClN3O. The molecule has 0 bridgehead atoms. The van der Waals surface area contributed by atoms with Crippen molar-refractivity contribution in [3.05, 3.63) is 34.9 Å². The van der Waals surface area contributed by atoms with Gasteiger partial charge in [-0.3, -0.25) is 5.43 Å². The van der Waals surface area contributed by atoms with Gasteiger partial charge < -0.3 is 4.90 Å². The highest BCUT2D eigenvalue weighted by molar-refractivity contribution is 6.30. The van der Waals surface area contributed by atoms with Crippen LogP contribution in [0.25, 0.3) is 0 Å². The van der Waals surface area contributed by atoms with E-state index >= 15 is 0 Å². The SMILES string of the molecule is CC(c1cccc(Cl)c1)N(C)C(=O)NN. The van der Waals surface area contributed by atoms with E-state index in [2.05, 4.69) is 5.43 Å². The molecule has 2 amide bonds. The van der Waals surface area contributed by atoms with Gasteiger partial charge in [-0.15, -0.1) is 0 Å². The van der Waals surface area contributed by atoms with Crippen LogP contribution in [0.5, 0.6) is 0 Å². The summed E-state index contributed by atoms with van der Waals surface area (Å²) < 4.78 is 0. The van der Waals surface area contributed by atoms with Gasteiger partial charge in [0.25, 0.3) is 0 Å². The topological polar surface area (TPSA) is 58.4 Å². The first kappa shape index (κ1) is 11.8. The van der Waals surface area contributed by atoms with Gasteiger partial charge in [0.1, 0.15) is 0 Å². The van der Waals surface area contributed by atoms with Gasteiger partial charge >= 0.3 is 6.03 Å². The van der Waals surface area contributed by atoms with Gasteiger partial charge in [-0.2, -0.15) is 0 Å². The number of hydrazine groups is 1. The van der Waals surface area contributed by atoms with E-state index in [-0.39, 0.29) is 12.1 Å². The van der Waals surface area contributed by atoms with Gasteiger partial charge in [0.05, 0.1) is 6.04 Å². The number of hydrogen-bond donors (Lipinski definition) is 2. The number of hydrogen-bond acceptors (Lipinski definition) is 2. The average Bonchev–Trinajstić information content (AvgIpc) is 2.26. The van der Waals surface area contributed by atoms with Crippen molar-refractivity contribution in [2.45, 2.75) is 13.0 Å². The second-order valence-corrected chi connectivity index (χ2v) is 3.73. The Kier molecular flexibility index (Phi) is 3.94. The predicted octanol–water partition coefficient (Wildman–Crippen LogP) is 1.92. The Morgan fingerprint density at radius 1 is 1.60 bits per heavy atom. The molecule has 1 unspecified atom stereocenters. The zero-order valence-electron chi connectivity index (χ0n) is 8.70. The molecule has 0 fully saturated rings. The lowest BCUT2D eigenvalue weighted by Gasteiger charge is -2.24. The van der Waals surface area contributed by atoms with Crippen LogP contribution in [0, 0.1) is 0 Å². The summed E-state index contributed by atoms with van der Waals surface area (Å²) in [6.45, 7) is 1.90. The summed E-state index contributed by atoms with van der Waals surface area (Å²) in [6, 6.07) is 6.97. The normalized spacial score (nSPS) is 12.0. The van der Waals surface area contributed by atoms with Gasteiger partial charge in [-0.1, -0.05) is 23.7 Å². The molecule has 3 N–H and O–H groups in total. The molecule has 0 aliphatic heterocycles. The second-order valence-electron chi connectivity index (χ2n) is 3.29. The summed E-state index contributed by atoms with van der Waals surface area (Å²) in [5.74, 6) is 5.05. The Balaban J connectivity index is 2.84. The van der Waals surface area contributed by atoms with Crippen molar-refractivity contribution >= 4 is 17.6 Å². The van der Waals surface area contributed by atoms with Gasteiger partial charge in [-0.05, 0) is 24.6 Å². The molecule has 0 aliphatic carbocycles. The minimum atomic E-state index is -0.331. The third-order valence-corrected chi connectivity index (χ3v) is 2.59. The Labute approximate surface area is 94.0 Å². The Hall–Kier alpha value is -1.26. The molecule has 0 saturated heterocycles. The van der Waals surface area contributed by atoms with Crippen LogP contribution < -0.4 is 11.3 Å². The zero-order chi connectivity index (χ0) is 11.4. The molecule has 0 aliphatic rings. The van der Waals surface area contributed by atoms with Crippen molar-refractivity contribution in [2.24, 2.45) is 5.84 Å². The van der Waals surface area contributed by atoms with E-state index in [1.165, 1.54) is 4.90 Å². The van der Waals surface area contributed by atoms with Crippen molar-refractivity contribution in [1.82, 2.24) is 10.3 Å². The fourth-order valence-electron chi connectivity index (χ4n) is 1.27. The number of amides is 2. The van der Waals surface area contributed by atoms with Crippen LogP contribution in [0.4, 0.5) is 4.79 Å². The summed E-state index contributed by atoms with van der Waals surface area (Å²) in [5.41, 5.74) is 3.05. The maximum Gasteiger partial charge on any atom is 0.331 e. The molecule has 0 aromatic heterocycles. The van der Waals surface area contributed by atoms with Crippen molar-refractivity contribution in [3.63, 3.8) is 0 Å². The molecule has 0 radical (unpaired) electrons. The number of carbonyl (C=O) groups is 1. The Bertz CT molecular complexity index is 356. The lowest BCUT2D eigenvalue weighted by Crippen LogP contribution is -2.42. The molecule has 1 atom stereocenters. The van der Waals surface area contributed by atoms with Crippen LogP contribution in [0.3, 0.4) is 0 Å². The van der Waals surface area contributed by atoms with Crippen molar-refractivity contribution in [3.8, 4) is 0 Å². The Morgan fingerprint density at radius 2 is 2.27 bits per heavy atom. The standard InChI is InChI=1S/C10H14ClN3O/c1-7(14(2)10(15)13-12)8-4-3-5-9(11)6-8/h3-7H,12H2,1-2H3,(H,13,15). The molecule has 1 rings (SSSR count). The summed E-state index contributed by atoms with van der Waals surface area (Å²) in [5, 5.41) is 0.654. The molecule has 15 heavy (non-hydrogen) atoms. The van der Waals surface area contributed by atoms with E-state index in [9.17, 15) is 4.79 Å². The van der Waals surface area contributed by atoms with E-state index in [4.69, 9.17) is 17.4 Å². The van der Waals surface area contributed by atoms with Crippen LogP contribution in [-0.2, 0) is 0 Å². The second kappa shape index (κ2) is 5.00. The maximum absolute atomic E-state index is 11.3. The number of carbonyl (C=O) groups excluding carboxylic acids is 1. The van der Waals surface area contributed by atoms with E-state index in [1.807, 2.05) is 25.1 Å². The molecule has 0 heterocycles. The third kappa shape index (κ3) is 2.84. The summed E-state index contributed by atoms with van der Waals surface area (Å²) in [7, 11) is 1.67. The zero-order valence-corrected chi connectivity index (χ0v) is 9.45. The lowest BCUT2D eigenvalue weighted by molar-refractivity contribution is 0.194. The van der Waals surface area contributed by atoms with Crippen molar-refractivity contribution in [1.29, 1.82) is 0 Å².